The molecule has 0 bridgehead atoms. The van der Waals surface area contributed by atoms with Gasteiger partial charge in [0.2, 0.25) is 0 Å². The molecule has 0 amide bonds. The number of esters is 7. The number of hydrogen-bond acceptors (Lipinski definition) is 18. The monoisotopic (exact) mass is 1390 g/mol. The molecule has 0 unspecified atom stereocenters. The minimum atomic E-state index is -1.82. The Kier molecular flexibility index (Phi) is 20.5. The first-order chi connectivity index (χ1) is 49.0. The van der Waals surface area contributed by atoms with Crippen LogP contribution in [0.15, 0.2) is 194 Å². The van der Waals surface area contributed by atoms with Crippen LogP contribution in [0, 0.1) is 50.2 Å². The number of methoxy groups -OCH3 is 1. The fourth-order valence-electron chi connectivity index (χ4n) is 18.8. The molecule has 0 radical (unpaired) electrons. The molecule has 0 spiro atoms. The van der Waals surface area contributed by atoms with Crippen molar-refractivity contribution in [1.29, 1.82) is 0 Å². The molecule has 2 aliphatic heterocycles. The van der Waals surface area contributed by atoms with Crippen LogP contribution < -0.4 is 0 Å². The van der Waals surface area contributed by atoms with Crippen LogP contribution in [-0.2, 0) is 56.9 Å². The Morgan fingerprint density at radius 3 is 1.43 bits per heavy atom. The van der Waals surface area contributed by atoms with E-state index in [0.717, 1.165) is 44.9 Å². The fourth-order valence-corrected chi connectivity index (χ4v) is 18.8. The molecule has 5 aliphatic carbocycles. The minimum Gasteiger partial charge on any atom is -0.469 e. The van der Waals surface area contributed by atoms with E-state index in [1.807, 2.05) is 6.07 Å². The number of ether oxygens (including phenoxy) is 11. The molecule has 18 heteroatoms. The van der Waals surface area contributed by atoms with Crippen LogP contribution in [0.25, 0.3) is 0 Å². The molecule has 18 atom stereocenters. The number of carbonyl (C=O) groups excluding carboxylic acids is 7. The maximum atomic E-state index is 14.9. The molecule has 18 nitrogen and oxygen atoms in total. The van der Waals surface area contributed by atoms with Crippen molar-refractivity contribution in [3.8, 4) is 0 Å². The van der Waals surface area contributed by atoms with Gasteiger partial charge in [-0.1, -0.05) is 162 Å². The molecule has 2 saturated heterocycles. The highest BCUT2D eigenvalue weighted by atomic mass is 16.8. The van der Waals surface area contributed by atoms with Gasteiger partial charge in [-0.15, -0.1) is 0 Å². The summed E-state index contributed by atoms with van der Waals surface area (Å²) in [5.74, 6) is -4.81. The predicted molar refractivity (Wildman–Crippen MR) is 374 cm³/mol. The first-order valence-corrected chi connectivity index (χ1v) is 35.9. The summed E-state index contributed by atoms with van der Waals surface area (Å²) < 4.78 is 73.2. The van der Waals surface area contributed by atoms with Crippen LogP contribution in [0.2, 0.25) is 0 Å². The van der Waals surface area contributed by atoms with E-state index in [1.165, 1.54) is 24.8 Å². The van der Waals surface area contributed by atoms with Crippen LogP contribution in [0.1, 0.15) is 175 Å². The number of fused-ring (bicyclic) bond motifs is 7. The number of rotatable bonds is 18. The predicted octanol–water partition coefficient (Wildman–Crippen LogP) is 14.8. The third-order valence-electron chi connectivity index (χ3n) is 24.5. The van der Waals surface area contributed by atoms with Gasteiger partial charge in [-0.2, -0.15) is 0 Å². The summed E-state index contributed by atoms with van der Waals surface area (Å²) >= 11 is 0. The molecule has 4 saturated carbocycles. The first-order valence-electron chi connectivity index (χ1n) is 35.9. The number of benzene rings is 6. The van der Waals surface area contributed by atoms with Crippen molar-refractivity contribution in [1.82, 2.24) is 0 Å². The van der Waals surface area contributed by atoms with Crippen molar-refractivity contribution in [2.45, 2.75) is 174 Å². The van der Waals surface area contributed by atoms with Gasteiger partial charge in [-0.3, -0.25) is 4.79 Å². The average molecular weight is 1390 g/mol. The highest BCUT2D eigenvalue weighted by Crippen LogP contribution is 2.76. The van der Waals surface area contributed by atoms with Crippen LogP contribution in [0.4, 0.5) is 0 Å². The molecule has 2 heterocycles. The lowest BCUT2D eigenvalue weighted by Gasteiger charge is -2.71. The molecule has 0 aromatic heterocycles. The van der Waals surface area contributed by atoms with Crippen molar-refractivity contribution >= 4 is 41.8 Å². The molecule has 13 rings (SSSR count). The Morgan fingerprint density at radius 1 is 0.461 bits per heavy atom. The lowest BCUT2D eigenvalue weighted by Crippen LogP contribution is -2.67. The van der Waals surface area contributed by atoms with Crippen LogP contribution >= 0.6 is 0 Å². The van der Waals surface area contributed by atoms with Gasteiger partial charge in [-0.05, 0) is 183 Å². The van der Waals surface area contributed by atoms with Gasteiger partial charge >= 0.3 is 41.8 Å². The second kappa shape index (κ2) is 29.1. The van der Waals surface area contributed by atoms with E-state index in [0.29, 0.717) is 24.8 Å². The van der Waals surface area contributed by atoms with Crippen molar-refractivity contribution in [2.24, 2.45) is 50.2 Å². The maximum Gasteiger partial charge on any atom is 0.338 e. The molecular formula is C84H92O18. The molecule has 6 fully saturated rings. The zero-order chi connectivity index (χ0) is 71.8. The van der Waals surface area contributed by atoms with Crippen LogP contribution in [0.5, 0.6) is 0 Å². The molecule has 6 aromatic rings. The van der Waals surface area contributed by atoms with E-state index >= 15 is 0 Å². The summed E-state index contributed by atoms with van der Waals surface area (Å²) in [6, 6.07) is 49.8. The highest BCUT2D eigenvalue weighted by molar-refractivity contribution is 5.92. The fraction of sp³-hybridized carbons (Fsp3) is 0.464. The number of carbonyl (C=O) groups is 7. The van der Waals surface area contributed by atoms with E-state index < -0.39 is 120 Å². The second-order valence-corrected chi connectivity index (χ2v) is 30.7. The molecule has 102 heavy (non-hydrogen) atoms. The highest BCUT2D eigenvalue weighted by Gasteiger charge is 2.71. The summed E-state index contributed by atoms with van der Waals surface area (Å²) in [5, 5.41) is 0. The lowest BCUT2D eigenvalue weighted by atomic mass is 9.33. The van der Waals surface area contributed by atoms with E-state index in [1.54, 1.807) is 171 Å². The van der Waals surface area contributed by atoms with Crippen molar-refractivity contribution in [2.75, 3.05) is 20.3 Å². The Labute approximate surface area is 596 Å². The third kappa shape index (κ3) is 13.6. The van der Waals surface area contributed by atoms with Gasteiger partial charge in [0, 0.05) is 5.41 Å². The quantitative estimate of drug-likeness (QED) is 0.0338. The topological polar surface area (TPSA) is 221 Å². The SMILES string of the molecule is COC(=O)[C@]12CCC(C)(C)C[C@H]1C1=CC[C@@H]3[C@@]4(C)CC[C@H](O[C@@H]5OC[C@H](OC(=O)c6ccccc6)[C@H](OC(=O)c6ccccc6)[C@H]5O[C@@H]5O[C@@H](C)[C@H](OC(=O)c6ccccc6)[C@@H](OC(=O)c6ccccc6)[C@H]5OC(=O)c5ccccc5)[C@@](C)(COC(=O)c5ccccc5)[C@@H]4CC[C@@]3(C)[C@]1(C)CC2. The summed E-state index contributed by atoms with van der Waals surface area (Å²) in [6.45, 7) is 15.2. The molecular weight excluding hydrogens is 1300 g/mol. The average Bonchev–Trinajstić information content (AvgIpc) is 0.675. The standard InChI is InChI=1S/C84H92O18/c1-52-65(98-72(87)55-31-19-11-20-32-55)67(100-74(89)57-35-23-13-24-36-57)69(101-75(90)58-37-25-14-26-38-58)77(95-52)102-68-66(99-73(88)56-33-21-12-22-34-56)61(96-71(86)54-29-17-10-18-30-54)50-93-76(68)97-64-42-43-80(4)62(81(64,5)51-94-70(85)53-27-15-9-16-28-53)41-44-83(7)63(80)40-39-59-60-49-79(2,3)45-47-84(60,78(91)92-8)48-46-82(59,83)6/h9-39,52,60-69,76-77H,40-51H2,1-8H3/t52-,60-,61-,62+,63+,64-,65-,66-,67+,68+,69+,76-,77-,80-,81-,82+,83+,84-/m0/s1. The van der Waals surface area contributed by atoms with Gasteiger partial charge in [0.25, 0.3) is 0 Å². The Bertz CT molecular complexity index is 4040. The molecule has 7 aliphatic rings. The van der Waals surface area contributed by atoms with Gasteiger partial charge in [0.1, 0.15) is 0 Å². The van der Waals surface area contributed by atoms with E-state index in [2.05, 4.69) is 47.6 Å². The van der Waals surface area contributed by atoms with E-state index in [-0.39, 0.29) is 74.4 Å². The normalized spacial score (nSPS) is 33.6. The summed E-state index contributed by atoms with van der Waals surface area (Å²) in [7, 11) is 1.53. The zero-order valence-corrected chi connectivity index (χ0v) is 59.2. The van der Waals surface area contributed by atoms with Crippen molar-refractivity contribution < 1.29 is 85.7 Å². The van der Waals surface area contributed by atoms with Crippen molar-refractivity contribution in [3.63, 3.8) is 0 Å². The summed E-state index contributed by atoms with van der Waals surface area (Å²) in [4.78, 5) is 102. The maximum absolute atomic E-state index is 14.9. The zero-order valence-electron chi connectivity index (χ0n) is 59.2. The molecule has 536 valence electrons. The Morgan fingerprint density at radius 2 is 0.922 bits per heavy atom. The number of allylic oxidation sites excluding steroid dienone is 2. The first kappa shape index (κ1) is 71.6. The molecule has 6 aromatic carbocycles. The van der Waals surface area contributed by atoms with Gasteiger partial charge in [0.15, 0.2) is 49.2 Å². The van der Waals surface area contributed by atoms with E-state index in [9.17, 15) is 33.6 Å². The largest absolute Gasteiger partial charge is 0.469 e. The second-order valence-electron chi connectivity index (χ2n) is 30.7. The summed E-state index contributed by atoms with van der Waals surface area (Å²) in [6.07, 6.45) is -5.05. The Hall–Kier alpha value is -8.81. The summed E-state index contributed by atoms with van der Waals surface area (Å²) in [5.41, 5.74) is 0.0264. The smallest absolute Gasteiger partial charge is 0.338 e. The Balaban J connectivity index is 0.915. The third-order valence-corrected chi connectivity index (χ3v) is 24.5. The van der Waals surface area contributed by atoms with Gasteiger partial charge in [-0.25, -0.2) is 28.8 Å². The van der Waals surface area contributed by atoms with Crippen molar-refractivity contribution in [3.05, 3.63) is 227 Å². The number of hydrogen-bond donors (Lipinski definition) is 0. The van der Waals surface area contributed by atoms with Crippen LogP contribution in [0.3, 0.4) is 0 Å². The lowest BCUT2D eigenvalue weighted by molar-refractivity contribution is -0.363. The van der Waals surface area contributed by atoms with Gasteiger partial charge < -0.3 is 52.1 Å². The minimum absolute atomic E-state index is 0.0318. The van der Waals surface area contributed by atoms with Crippen LogP contribution in [-0.4, -0.2) is 124 Å². The molecule has 0 N–H and O–H groups in total. The van der Waals surface area contributed by atoms with E-state index in [4.69, 9.17) is 52.1 Å². The van der Waals surface area contributed by atoms with Gasteiger partial charge in [0.05, 0.1) is 71.3 Å².